The van der Waals surface area contributed by atoms with Crippen LogP contribution in [0.5, 0.6) is 0 Å². The van der Waals surface area contributed by atoms with Crippen molar-refractivity contribution in [3.63, 3.8) is 0 Å². The molecule has 3 N–H and O–H groups in total. The maximum Gasteiger partial charge on any atom is 0.261 e. The van der Waals surface area contributed by atoms with Crippen molar-refractivity contribution in [2.24, 2.45) is 0 Å². The minimum atomic E-state index is -0.313. The summed E-state index contributed by atoms with van der Waals surface area (Å²) in [5, 5.41) is 0.404. The molecule has 0 unspecified atom stereocenters. The van der Waals surface area contributed by atoms with E-state index in [0.717, 1.165) is 11.3 Å². The summed E-state index contributed by atoms with van der Waals surface area (Å²) in [7, 11) is 0. The summed E-state index contributed by atoms with van der Waals surface area (Å²) in [6.45, 7) is 0. The molecule has 2 rings (SSSR count). The lowest BCUT2D eigenvalue weighted by Crippen LogP contribution is -2.09. The van der Waals surface area contributed by atoms with Gasteiger partial charge in [-0.25, -0.2) is 4.98 Å². The number of nitrogens with one attached hydrogen (secondary N) is 1. The average molecular weight is 195 g/mol. The molecule has 0 saturated heterocycles. The van der Waals surface area contributed by atoms with Gasteiger partial charge in [0.15, 0.2) is 6.29 Å². The van der Waals surface area contributed by atoms with Crippen LogP contribution in [0.1, 0.15) is 9.67 Å². The maximum absolute atomic E-state index is 11.2. The van der Waals surface area contributed by atoms with Gasteiger partial charge in [-0.05, 0) is 6.07 Å². The molecule has 2 heterocycles. The summed E-state index contributed by atoms with van der Waals surface area (Å²) in [6, 6.07) is 1.50. The van der Waals surface area contributed by atoms with E-state index in [1.807, 2.05) is 0 Å². The number of hydrogen-bond acceptors (Lipinski definition) is 5. The van der Waals surface area contributed by atoms with Crippen molar-refractivity contribution in [1.29, 1.82) is 0 Å². The number of H-pyrrole nitrogens is 1. The number of nitrogen functional groups attached to an aromatic ring is 1. The van der Waals surface area contributed by atoms with Gasteiger partial charge in [0.1, 0.15) is 4.83 Å². The Labute approximate surface area is 76.2 Å². The number of anilines is 1. The SMILES string of the molecule is Nc1nc2sc(C=O)cc2c(=O)[nH]1. The Hall–Kier alpha value is -1.69. The number of fused-ring (bicyclic) bond motifs is 1. The second-order valence-electron chi connectivity index (χ2n) is 2.44. The fraction of sp³-hybridized carbons (Fsp3) is 0. The number of aromatic nitrogens is 2. The highest BCUT2D eigenvalue weighted by Gasteiger charge is 2.06. The van der Waals surface area contributed by atoms with E-state index in [1.54, 1.807) is 0 Å². The Kier molecular flexibility index (Phi) is 1.63. The fourth-order valence-electron chi connectivity index (χ4n) is 1.02. The van der Waals surface area contributed by atoms with Crippen LogP contribution >= 0.6 is 11.3 Å². The lowest BCUT2D eigenvalue weighted by atomic mass is 10.4. The normalized spacial score (nSPS) is 10.5. The van der Waals surface area contributed by atoms with Gasteiger partial charge in [-0.1, -0.05) is 0 Å². The van der Waals surface area contributed by atoms with Gasteiger partial charge in [0.05, 0.1) is 10.3 Å². The van der Waals surface area contributed by atoms with Crippen LogP contribution in [0.3, 0.4) is 0 Å². The minimum Gasteiger partial charge on any atom is -0.369 e. The highest BCUT2D eigenvalue weighted by molar-refractivity contribution is 7.20. The van der Waals surface area contributed by atoms with Crippen molar-refractivity contribution in [3.05, 3.63) is 21.3 Å². The summed E-state index contributed by atoms with van der Waals surface area (Å²) in [5.74, 6) is 0.0665. The molecular formula is C7H5N3O2S. The molecule has 0 aromatic carbocycles. The second-order valence-corrected chi connectivity index (χ2v) is 3.50. The molecule has 66 valence electrons. The molecule has 0 fully saturated rings. The van der Waals surface area contributed by atoms with E-state index in [9.17, 15) is 9.59 Å². The number of nitrogens with two attached hydrogens (primary N) is 1. The molecule has 2 aromatic rings. The Morgan fingerprint density at radius 2 is 2.38 bits per heavy atom. The largest absolute Gasteiger partial charge is 0.369 e. The number of aldehydes is 1. The molecule has 2 aromatic heterocycles. The summed E-state index contributed by atoms with van der Waals surface area (Å²) >= 11 is 1.15. The summed E-state index contributed by atoms with van der Waals surface area (Å²) in [4.78, 5) is 28.9. The molecule has 0 radical (unpaired) electrons. The second kappa shape index (κ2) is 2.67. The highest BCUT2D eigenvalue weighted by Crippen LogP contribution is 2.19. The van der Waals surface area contributed by atoms with Crippen LogP contribution in [-0.2, 0) is 0 Å². The molecule has 6 heteroatoms. The first-order valence-corrected chi connectivity index (χ1v) is 4.27. The van der Waals surface area contributed by atoms with Crippen molar-refractivity contribution >= 4 is 33.8 Å². The van der Waals surface area contributed by atoms with E-state index in [2.05, 4.69) is 9.97 Å². The predicted molar refractivity (Wildman–Crippen MR) is 50.0 cm³/mol. The van der Waals surface area contributed by atoms with E-state index in [4.69, 9.17) is 5.73 Å². The summed E-state index contributed by atoms with van der Waals surface area (Å²) in [6.07, 6.45) is 0.683. The smallest absolute Gasteiger partial charge is 0.261 e. The summed E-state index contributed by atoms with van der Waals surface area (Å²) < 4.78 is 0. The fourth-order valence-corrected chi connectivity index (χ4v) is 1.88. The van der Waals surface area contributed by atoms with Gasteiger partial charge >= 0.3 is 0 Å². The Balaban J connectivity index is 2.90. The molecular weight excluding hydrogens is 190 g/mol. The van der Waals surface area contributed by atoms with Crippen LogP contribution in [0.25, 0.3) is 10.2 Å². The van der Waals surface area contributed by atoms with Gasteiger partial charge in [0.25, 0.3) is 5.56 Å². The van der Waals surface area contributed by atoms with Crippen molar-refractivity contribution in [3.8, 4) is 0 Å². The van der Waals surface area contributed by atoms with Crippen molar-refractivity contribution < 1.29 is 4.79 Å². The van der Waals surface area contributed by atoms with E-state index in [1.165, 1.54) is 6.07 Å². The van der Waals surface area contributed by atoms with E-state index in [-0.39, 0.29) is 11.5 Å². The van der Waals surface area contributed by atoms with Crippen LogP contribution in [0.4, 0.5) is 5.95 Å². The van der Waals surface area contributed by atoms with Crippen molar-refractivity contribution in [2.75, 3.05) is 5.73 Å². The van der Waals surface area contributed by atoms with Gasteiger partial charge in [0.2, 0.25) is 5.95 Å². The topological polar surface area (TPSA) is 88.8 Å². The third kappa shape index (κ3) is 1.20. The number of rotatable bonds is 1. The molecule has 0 atom stereocenters. The van der Waals surface area contributed by atoms with Gasteiger partial charge < -0.3 is 5.73 Å². The van der Waals surface area contributed by atoms with Crippen LogP contribution < -0.4 is 11.3 Å². The van der Waals surface area contributed by atoms with Crippen LogP contribution in [-0.4, -0.2) is 16.3 Å². The molecule has 5 nitrogen and oxygen atoms in total. The lowest BCUT2D eigenvalue weighted by molar-refractivity contribution is 0.112. The quantitative estimate of drug-likeness (QED) is 0.644. The maximum atomic E-state index is 11.2. The van der Waals surface area contributed by atoms with Crippen molar-refractivity contribution in [1.82, 2.24) is 9.97 Å². The van der Waals surface area contributed by atoms with Gasteiger partial charge in [-0.15, -0.1) is 11.3 Å². The lowest BCUT2D eigenvalue weighted by Gasteiger charge is -1.89. The molecule has 13 heavy (non-hydrogen) atoms. The first-order valence-electron chi connectivity index (χ1n) is 3.45. The van der Waals surface area contributed by atoms with Crippen LogP contribution in [0, 0.1) is 0 Å². The average Bonchev–Trinajstić information content (AvgIpc) is 2.47. The third-order valence-electron chi connectivity index (χ3n) is 1.56. The number of nitrogens with zero attached hydrogens (tertiary/aromatic N) is 1. The van der Waals surface area contributed by atoms with Gasteiger partial charge in [0, 0.05) is 0 Å². The molecule has 0 bridgehead atoms. The number of carbonyl (C=O) groups is 1. The van der Waals surface area contributed by atoms with E-state index in [0.29, 0.717) is 21.4 Å². The molecule has 0 aliphatic carbocycles. The van der Waals surface area contributed by atoms with Crippen LogP contribution in [0.15, 0.2) is 10.9 Å². The first-order chi connectivity index (χ1) is 6.20. The molecule has 0 saturated carbocycles. The van der Waals surface area contributed by atoms with Gasteiger partial charge in [-0.2, -0.15) is 0 Å². The Bertz CT molecular complexity index is 528. The zero-order valence-corrected chi connectivity index (χ0v) is 7.22. The standard InChI is InChI=1S/C7H5N3O2S/c8-7-9-5(12)4-1-3(2-11)13-6(4)10-7/h1-2H,(H3,8,9,10,12). The van der Waals surface area contributed by atoms with Crippen molar-refractivity contribution in [2.45, 2.75) is 0 Å². The number of hydrogen-bond donors (Lipinski definition) is 2. The predicted octanol–water partition coefficient (Wildman–Crippen LogP) is 0.379. The molecule has 0 spiro atoms. The number of aromatic amines is 1. The third-order valence-corrected chi connectivity index (χ3v) is 2.51. The highest BCUT2D eigenvalue weighted by atomic mass is 32.1. The van der Waals surface area contributed by atoms with Gasteiger partial charge in [-0.3, -0.25) is 14.6 Å². The molecule has 0 amide bonds. The Morgan fingerprint density at radius 3 is 3.08 bits per heavy atom. The monoisotopic (exact) mass is 195 g/mol. The molecule has 0 aliphatic heterocycles. The summed E-state index contributed by atoms with van der Waals surface area (Å²) in [5.41, 5.74) is 5.01. The Morgan fingerprint density at radius 1 is 1.62 bits per heavy atom. The minimum absolute atomic E-state index is 0.0665. The number of thiophene rings is 1. The number of carbonyl (C=O) groups excluding carboxylic acids is 1. The van der Waals surface area contributed by atoms with Crippen LogP contribution in [0.2, 0.25) is 0 Å². The first kappa shape index (κ1) is 7.93. The zero-order chi connectivity index (χ0) is 9.42. The van der Waals surface area contributed by atoms with E-state index < -0.39 is 0 Å². The zero-order valence-electron chi connectivity index (χ0n) is 6.40. The molecule has 0 aliphatic rings. The van der Waals surface area contributed by atoms with E-state index >= 15 is 0 Å².